The number of rotatable bonds is 6. The Hall–Kier alpha value is -1.19. The fraction of sp³-hybridized carbons (Fsp3) is 0.444. The number of nitrogens with one attached hydrogen (secondary N) is 1. The van der Waals surface area contributed by atoms with Gasteiger partial charge in [0.1, 0.15) is 5.82 Å². The molecule has 0 radical (unpaired) electrons. The van der Waals surface area contributed by atoms with E-state index in [1.807, 2.05) is 24.3 Å². The highest BCUT2D eigenvalue weighted by molar-refractivity contribution is 7.12. The van der Waals surface area contributed by atoms with Gasteiger partial charge >= 0.3 is 0 Å². The molecule has 2 rings (SSSR count). The van der Waals surface area contributed by atoms with Crippen LogP contribution in [-0.2, 0) is 6.42 Å². The van der Waals surface area contributed by atoms with Crippen molar-refractivity contribution < 1.29 is 4.39 Å². The lowest BCUT2D eigenvalue weighted by Gasteiger charge is -2.18. The van der Waals surface area contributed by atoms with E-state index in [0.717, 1.165) is 24.9 Å². The van der Waals surface area contributed by atoms with E-state index in [9.17, 15) is 4.39 Å². The van der Waals surface area contributed by atoms with E-state index in [2.05, 4.69) is 32.2 Å². The SMILES string of the molecule is CCCNC(Cc1ccc(F)cc1C)c1cc(C)c(C)s1. The van der Waals surface area contributed by atoms with Gasteiger partial charge in [0, 0.05) is 15.8 Å². The number of hydrogen-bond donors (Lipinski definition) is 1. The van der Waals surface area contributed by atoms with Crippen LogP contribution in [0.4, 0.5) is 4.39 Å². The highest BCUT2D eigenvalue weighted by Gasteiger charge is 2.16. The Kier molecular flexibility index (Phi) is 5.54. The molecule has 1 unspecified atom stereocenters. The van der Waals surface area contributed by atoms with Crippen LogP contribution in [0.1, 0.15) is 45.8 Å². The maximum absolute atomic E-state index is 13.3. The van der Waals surface area contributed by atoms with Gasteiger partial charge in [-0.2, -0.15) is 0 Å². The molecule has 1 aromatic carbocycles. The van der Waals surface area contributed by atoms with Gasteiger partial charge in [-0.15, -0.1) is 11.3 Å². The summed E-state index contributed by atoms with van der Waals surface area (Å²) < 4.78 is 13.3. The molecule has 0 fully saturated rings. The normalized spacial score (nSPS) is 12.6. The van der Waals surface area contributed by atoms with Gasteiger partial charge in [-0.1, -0.05) is 13.0 Å². The number of halogens is 1. The molecule has 0 bridgehead atoms. The van der Waals surface area contributed by atoms with Gasteiger partial charge in [0.05, 0.1) is 0 Å². The molecule has 0 amide bonds. The molecule has 1 nitrogen and oxygen atoms in total. The Morgan fingerprint density at radius 2 is 1.90 bits per heavy atom. The quantitative estimate of drug-likeness (QED) is 0.783. The maximum atomic E-state index is 13.3. The van der Waals surface area contributed by atoms with Crippen molar-refractivity contribution in [1.82, 2.24) is 5.32 Å². The molecule has 1 N–H and O–H groups in total. The summed E-state index contributed by atoms with van der Waals surface area (Å²) in [5, 5.41) is 3.63. The minimum atomic E-state index is -0.155. The molecule has 0 spiro atoms. The van der Waals surface area contributed by atoms with Crippen molar-refractivity contribution >= 4 is 11.3 Å². The number of thiophene rings is 1. The van der Waals surface area contributed by atoms with Gasteiger partial charge < -0.3 is 5.32 Å². The number of benzene rings is 1. The summed E-state index contributed by atoms with van der Waals surface area (Å²) in [6.07, 6.45) is 2.02. The zero-order valence-corrected chi connectivity index (χ0v) is 14.1. The molecule has 0 aliphatic carbocycles. The Morgan fingerprint density at radius 1 is 1.14 bits per heavy atom. The molecule has 0 saturated carbocycles. The van der Waals surface area contributed by atoms with Crippen LogP contribution in [0.25, 0.3) is 0 Å². The van der Waals surface area contributed by atoms with E-state index < -0.39 is 0 Å². The summed E-state index contributed by atoms with van der Waals surface area (Å²) in [7, 11) is 0. The molecule has 21 heavy (non-hydrogen) atoms. The third-order valence-electron chi connectivity index (χ3n) is 3.90. The molecule has 0 aliphatic heterocycles. The van der Waals surface area contributed by atoms with Crippen LogP contribution in [-0.4, -0.2) is 6.54 Å². The van der Waals surface area contributed by atoms with Crippen molar-refractivity contribution in [2.24, 2.45) is 0 Å². The predicted molar refractivity (Wildman–Crippen MR) is 89.7 cm³/mol. The molecule has 114 valence electrons. The average Bonchev–Trinajstić information content (AvgIpc) is 2.77. The molecule has 1 aromatic heterocycles. The second kappa shape index (κ2) is 7.19. The summed E-state index contributed by atoms with van der Waals surface area (Å²) in [6, 6.07) is 7.69. The Morgan fingerprint density at radius 3 is 2.48 bits per heavy atom. The fourth-order valence-corrected chi connectivity index (χ4v) is 3.59. The van der Waals surface area contributed by atoms with Crippen LogP contribution in [0.5, 0.6) is 0 Å². The fourth-order valence-electron chi connectivity index (χ4n) is 2.47. The molecule has 3 heteroatoms. The van der Waals surface area contributed by atoms with Crippen LogP contribution in [0.3, 0.4) is 0 Å². The third kappa shape index (κ3) is 4.14. The average molecular weight is 305 g/mol. The first-order valence-corrected chi connectivity index (χ1v) is 8.38. The van der Waals surface area contributed by atoms with Crippen LogP contribution in [0.2, 0.25) is 0 Å². The second-order valence-corrected chi connectivity index (χ2v) is 6.96. The Bertz CT molecular complexity index is 584. The van der Waals surface area contributed by atoms with Crippen LogP contribution < -0.4 is 5.32 Å². The Balaban J connectivity index is 2.23. The van der Waals surface area contributed by atoms with Crippen LogP contribution >= 0.6 is 11.3 Å². The first-order valence-electron chi connectivity index (χ1n) is 7.56. The highest BCUT2D eigenvalue weighted by atomic mass is 32.1. The minimum absolute atomic E-state index is 0.155. The summed E-state index contributed by atoms with van der Waals surface area (Å²) in [6.45, 7) is 9.50. The minimum Gasteiger partial charge on any atom is -0.309 e. The van der Waals surface area contributed by atoms with Gasteiger partial charge in [0.25, 0.3) is 0 Å². The largest absolute Gasteiger partial charge is 0.309 e. The van der Waals surface area contributed by atoms with Gasteiger partial charge in [-0.3, -0.25) is 0 Å². The summed E-state index contributed by atoms with van der Waals surface area (Å²) in [5.74, 6) is -0.155. The summed E-state index contributed by atoms with van der Waals surface area (Å²) in [4.78, 5) is 2.76. The van der Waals surface area contributed by atoms with Gasteiger partial charge in [-0.25, -0.2) is 4.39 Å². The lowest BCUT2D eigenvalue weighted by molar-refractivity contribution is 0.534. The lowest BCUT2D eigenvalue weighted by Crippen LogP contribution is -2.23. The monoisotopic (exact) mass is 305 g/mol. The van der Waals surface area contributed by atoms with Crippen molar-refractivity contribution in [3.63, 3.8) is 0 Å². The maximum Gasteiger partial charge on any atom is 0.123 e. The number of hydrogen-bond acceptors (Lipinski definition) is 2. The lowest BCUT2D eigenvalue weighted by atomic mass is 9.99. The molecular weight excluding hydrogens is 281 g/mol. The zero-order valence-electron chi connectivity index (χ0n) is 13.3. The first kappa shape index (κ1) is 16.2. The predicted octanol–water partition coefficient (Wildman–Crippen LogP) is 5.10. The summed E-state index contributed by atoms with van der Waals surface area (Å²) in [5.41, 5.74) is 3.60. The van der Waals surface area contributed by atoms with Crippen LogP contribution in [0, 0.1) is 26.6 Å². The van der Waals surface area contributed by atoms with Crippen molar-refractivity contribution in [2.75, 3.05) is 6.54 Å². The van der Waals surface area contributed by atoms with E-state index in [1.54, 1.807) is 12.1 Å². The third-order valence-corrected chi connectivity index (χ3v) is 5.16. The molecule has 2 aromatic rings. The van der Waals surface area contributed by atoms with Crippen molar-refractivity contribution in [2.45, 2.75) is 46.6 Å². The summed E-state index contributed by atoms with van der Waals surface area (Å²) >= 11 is 1.86. The van der Waals surface area contributed by atoms with E-state index in [4.69, 9.17) is 0 Å². The van der Waals surface area contributed by atoms with Gasteiger partial charge in [0.2, 0.25) is 0 Å². The van der Waals surface area contributed by atoms with Crippen LogP contribution in [0.15, 0.2) is 24.3 Å². The molecule has 0 aliphatic rings. The molecule has 1 heterocycles. The smallest absolute Gasteiger partial charge is 0.123 e. The number of aryl methyl sites for hydroxylation is 3. The van der Waals surface area contributed by atoms with E-state index in [0.29, 0.717) is 6.04 Å². The topological polar surface area (TPSA) is 12.0 Å². The van der Waals surface area contributed by atoms with Crippen molar-refractivity contribution in [3.05, 3.63) is 56.5 Å². The molecule has 0 saturated heterocycles. The van der Waals surface area contributed by atoms with Crippen molar-refractivity contribution in [3.8, 4) is 0 Å². The van der Waals surface area contributed by atoms with E-state index in [-0.39, 0.29) is 5.82 Å². The van der Waals surface area contributed by atoms with E-state index >= 15 is 0 Å². The van der Waals surface area contributed by atoms with Crippen molar-refractivity contribution in [1.29, 1.82) is 0 Å². The molecule has 1 atom stereocenters. The van der Waals surface area contributed by atoms with E-state index in [1.165, 1.54) is 20.9 Å². The zero-order chi connectivity index (χ0) is 15.4. The molecular formula is C18H24FNS. The second-order valence-electron chi connectivity index (χ2n) is 5.67. The van der Waals surface area contributed by atoms with Gasteiger partial charge in [-0.05, 0) is 75.0 Å². The Labute approximate surface area is 131 Å². The first-order chi connectivity index (χ1) is 10.0. The highest BCUT2D eigenvalue weighted by Crippen LogP contribution is 2.29. The standard InChI is InChI=1S/C18H24FNS/c1-5-8-20-17(18-10-12(2)14(4)21-18)11-15-6-7-16(19)9-13(15)3/h6-7,9-10,17,20H,5,8,11H2,1-4H3. The van der Waals surface area contributed by atoms with Gasteiger partial charge in [0.15, 0.2) is 0 Å².